The Morgan fingerprint density at radius 3 is 2.84 bits per heavy atom. The Morgan fingerprint density at radius 2 is 2.05 bits per heavy atom. The third-order valence-electron chi connectivity index (χ3n) is 3.70. The highest BCUT2D eigenvalue weighted by atomic mass is 32.1. The van der Waals surface area contributed by atoms with Crippen LogP contribution >= 0.6 is 11.3 Å². The van der Waals surface area contributed by atoms with Crippen LogP contribution in [-0.4, -0.2) is 23.2 Å². The summed E-state index contributed by atoms with van der Waals surface area (Å²) in [5.74, 6) is -0.0628. The third-order valence-corrected chi connectivity index (χ3v) is 4.81. The van der Waals surface area contributed by atoms with Gasteiger partial charge in [0.15, 0.2) is 0 Å². The van der Waals surface area contributed by atoms with Gasteiger partial charge in [0.2, 0.25) is 0 Å². The monoisotopic (exact) mass is 275 g/mol. The van der Waals surface area contributed by atoms with Crippen LogP contribution in [0.2, 0.25) is 0 Å². The van der Waals surface area contributed by atoms with E-state index in [1.807, 2.05) is 30.3 Å². The normalized spacial score (nSPS) is 23.4. The summed E-state index contributed by atoms with van der Waals surface area (Å²) in [5, 5.41) is 14.0. The number of amides is 1. The zero-order valence-corrected chi connectivity index (χ0v) is 11.5. The first-order valence-corrected chi connectivity index (χ1v) is 7.53. The van der Waals surface area contributed by atoms with E-state index >= 15 is 0 Å². The molecule has 1 fully saturated rings. The van der Waals surface area contributed by atoms with Crippen molar-refractivity contribution >= 4 is 27.3 Å². The SMILES string of the molecule is O=C(N[C@@H]1CCCC[C@H]1O)c1cc2ccccc2s1. The summed E-state index contributed by atoms with van der Waals surface area (Å²) in [4.78, 5) is 12.9. The molecule has 1 heterocycles. The molecule has 1 saturated carbocycles. The highest BCUT2D eigenvalue weighted by molar-refractivity contribution is 7.20. The first kappa shape index (κ1) is 12.6. The van der Waals surface area contributed by atoms with Crippen molar-refractivity contribution in [1.29, 1.82) is 0 Å². The first-order chi connectivity index (χ1) is 9.24. The minimum atomic E-state index is -0.396. The van der Waals surface area contributed by atoms with E-state index in [4.69, 9.17) is 0 Å². The Morgan fingerprint density at radius 1 is 1.26 bits per heavy atom. The summed E-state index contributed by atoms with van der Waals surface area (Å²) in [7, 11) is 0. The number of aliphatic hydroxyl groups is 1. The summed E-state index contributed by atoms with van der Waals surface area (Å²) in [5.41, 5.74) is 0. The fraction of sp³-hybridized carbons (Fsp3) is 0.400. The van der Waals surface area contributed by atoms with Gasteiger partial charge in [-0.1, -0.05) is 31.0 Å². The second-order valence-electron chi connectivity index (χ2n) is 5.08. The average Bonchev–Trinajstić information content (AvgIpc) is 2.85. The summed E-state index contributed by atoms with van der Waals surface area (Å²) in [6, 6.07) is 9.81. The molecule has 0 unspecified atom stereocenters. The van der Waals surface area contributed by atoms with Crippen LogP contribution < -0.4 is 5.32 Å². The molecule has 1 aromatic heterocycles. The zero-order valence-electron chi connectivity index (χ0n) is 10.6. The van der Waals surface area contributed by atoms with Gasteiger partial charge in [-0.15, -0.1) is 11.3 Å². The van der Waals surface area contributed by atoms with Crippen molar-refractivity contribution in [1.82, 2.24) is 5.32 Å². The molecule has 1 amide bonds. The minimum absolute atomic E-state index is 0.0628. The van der Waals surface area contributed by atoms with Crippen molar-refractivity contribution in [2.24, 2.45) is 0 Å². The van der Waals surface area contributed by atoms with Crippen molar-refractivity contribution in [3.8, 4) is 0 Å². The molecule has 4 heteroatoms. The van der Waals surface area contributed by atoms with Crippen molar-refractivity contribution in [3.05, 3.63) is 35.2 Å². The van der Waals surface area contributed by atoms with Gasteiger partial charge >= 0.3 is 0 Å². The zero-order chi connectivity index (χ0) is 13.2. The Bertz CT molecular complexity index is 560. The molecule has 2 aromatic rings. The van der Waals surface area contributed by atoms with Gasteiger partial charge in [0, 0.05) is 4.70 Å². The van der Waals surface area contributed by atoms with Crippen molar-refractivity contribution < 1.29 is 9.90 Å². The topological polar surface area (TPSA) is 49.3 Å². The van der Waals surface area contributed by atoms with Crippen LogP contribution in [0.5, 0.6) is 0 Å². The molecule has 1 aliphatic rings. The van der Waals surface area contributed by atoms with E-state index in [1.54, 1.807) is 0 Å². The number of carbonyl (C=O) groups excluding carboxylic acids is 1. The second-order valence-corrected chi connectivity index (χ2v) is 6.16. The lowest BCUT2D eigenvalue weighted by molar-refractivity contribution is 0.0720. The molecule has 2 atom stereocenters. The van der Waals surface area contributed by atoms with Crippen LogP contribution in [0, 0.1) is 0 Å². The maximum Gasteiger partial charge on any atom is 0.261 e. The Labute approximate surface area is 116 Å². The van der Waals surface area contributed by atoms with Crippen molar-refractivity contribution in [2.45, 2.75) is 37.8 Å². The minimum Gasteiger partial charge on any atom is -0.391 e. The number of carbonyl (C=O) groups is 1. The molecular formula is C15H17NO2S. The molecule has 0 saturated heterocycles. The lowest BCUT2D eigenvalue weighted by Crippen LogP contribution is -2.44. The van der Waals surface area contributed by atoms with E-state index in [2.05, 4.69) is 5.32 Å². The van der Waals surface area contributed by atoms with Crippen LogP contribution in [0.3, 0.4) is 0 Å². The summed E-state index contributed by atoms with van der Waals surface area (Å²) in [6.07, 6.45) is 3.40. The highest BCUT2D eigenvalue weighted by Gasteiger charge is 2.25. The second kappa shape index (κ2) is 5.31. The number of aliphatic hydroxyl groups excluding tert-OH is 1. The van der Waals surface area contributed by atoms with Crippen LogP contribution in [0.4, 0.5) is 0 Å². The van der Waals surface area contributed by atoms with Gasteiger partial charge in [0.25, 0.3) is 5.91 Å². The molecule has 0 spiro atoms. The Hall–Kier alpha value is -1.39. The van der Waals surface area contributed by atoms with Crippen molar-refractivity contribution in [2.75, 3.05) is 0 Å². The molecule has 0 radical (unpaired) electrons. The quantitative estimate of drug-likeness (QED) is 0.885. The maximum absolute atomic E-state index is 12.2. The summed E-state index contributed by atoms with van der Waals surface area (Å²) >= 11 is 1.50. The fourth-order valence-electron chi connectivity index (χ4n) is 2.61. The van der Waals surface area contributed by atoms with Gasteiger partial charge in [-0.2, -0.15) is 0 Å². The van der Waals surface area contributed by atoms with Gasteiger partial charge in [0.05, 0.1) is 17.0 Å². The van der Waals surface area contributed by atoms with Gasteiger partial charge in [-0.05, 0) is 30.4 Å². The van der Waals surface area contributed by atoms with E-state index in [-0.39, 0.29) is 11.9 Å². The van der Waals surface area contributed by atoms with E-state index in [1.165, 1.54) is 11.3 Å². The molecule has 100 valence electrons. The highest BCUT2D eigenvalue weighted by Crippen LogP contribution is 2.26. The summed E-state index contributed by atoms with van der Waals surface area (Å²) < 4.78 is 1.12. The molecule has 3 rings (SSSR count). The number of rotatable bonds is 2. The van der Waals surface area contributed by atoms with E-state index in [0.29, 0.717) is 0 Å². The van der Waals surface area contributed by atoms with Gasteiger partial charge in [0.1, 0.15) is 0 Å². The van der Waals surface area contributed by atoms with Crippen LogP contribution in [0.15, 0.2) is 30.3 Å². The predicted molar refractivity (Wildman–Crippen MR) is 77.6 cm³/mol. The number of hydrogen-bond donors (Lipinski definition) is 2. The summed E-state index contributed by atoms with van der Waals surface area (Å²) in [6.45, 7) is 0. The van der Waals surface area contributed by atoms with E-state index in [9.17, 15) is 9.90 Å². The number of thiophene rings is 1. The average molecular weight is 275 g/mol. The van der Waals surface area contributed by atoms with E-state index in [0.717, 1.165) is 40.6 Å². The molecule has 19 heavy (non-hydrogen) atoms. The van der Waals surface area contributed by atoms with Crippen LogP contribution in [-0.2, 0) is 0 Å². The number of benzene rings is 1. The molecule has 1 aliphatic carbocycles. The van der Waals surface area contributed by atoms with Crippen molar-refractivity contribution in [3.63, 3.8) is 0 Å². The van der Waals surface area contributed by atoms with Crippen LogP contribution in [0.25, 0.3) is 10.1 Å². The first-order valence-electron chi connectivity index (χ1n) is 6.71. The number of nitrogens with one attached hydrogen (secondary N) is 1. The number of hydrogen-bond acceptors (Lipinski definition) is 3. The lowest BCUT2D eigenvalue weighted by atomic mass is 9.92. The van der Waals surface area contributed by atoms with Gasteiger partial charge in [-0.25, -0.2) is 0 Å². The Kier molecular flexibility index (Phi) is 3.53. The van der Waals surface area contributed by atoms with Crippen LogP contribution in [0.1, 0.15) is 35.4 Å². The fourth-order valence-corrected chi connectivity index (χ4v) is 3.58. The lowest BCUT2D eigenvalue weighted by Gasteiger charge is -2.28. The van der Waals surface area contributed by atoms with Gasteiger partial charge in [-0.3, -0.25) is 4.79 Å². The third kappa shape index (κ3) is 2.65. The standard InChI is InChI=1S/C15H17NO2S/c17-12-7-3-2-6-11(12)16-15(18)14-9-10-5-1-4-8-13(10)19-14/h1,4-5,8-9,11-12,17H,2-3,6-7H2,(H,16,18)/t11-,12-/m1/s1. The molecule has 0 bridgehead atoms. The Balaban J connectivity index is 1.76. The van der Waals surface area contributed by atoms with Gasteiger partial charge < -0.3 is 10.4 Å². The molecule has 3 nitrogen and oxygen atoms in total. The maximum atomic E-state index is 12.2. The number of fused-ring (bicyclic) bond motifs is 1. The smallest absolute Gasteiger partial charge is 0.261 e. The predicted octanol–water partition coefficient (Wildman–Crippen LogP) is 2.93. The molecule has 0 aliphatic heterocycles. The van der Waals surface area contributed by atoms with E-state index < -0.39 is 6.10 Å². The largest absolute Gasteiger partial charge is 0.391 e. The molecule has 1 aromatic carbocycles. The molecular weight excluding hydrogens is 258 g/mol. The molecule has 2 N–H and O–H groups in total.